The largest absolute Gasteiger partial charge is 0.535 e. The van der Waals surface area contributed by atoms with Crippen LogP contribution in [0.2, 0.25) is 0 Å². The molecule has 1 N–H and O–H groups in total. The van der Waals surface area contributed by atoms with Crippen molar-refractivity contribution in [3.8, 4) is 0 Å². The Hall–Kier alpha value is -1.02. The number of rotatable bonds is 4. The molecule has 19 heavy (non-hydrogen) atoms. The second-order valence-corrected chi connectivity index (χ2v) is 6.02. The summed E-state index contributed by atoms with van der Waals surface area (Å²) >= 11 is 0. The smallest absolute Gasteiger partial charge is 0.213 e. The molecule has 0 aliphatic carbocycles. The summed E-state index contributed by atoms with van der Waals surface area (Å²) in [6.07, 6.45) is -5.97. The van der Waals surface area contributed by atoms with Crippen LogP contribution in [0.15, 0.2) is 23.1 Å². The van der Waals surface area contributed by atoms with Gasteiger partial charge in [-0.1, -0.05) is 12.1 Å². The van der Waals surface area contributed by atoms with E-state index in [4.69, 9.17) is 4.89 Å². The molecule has 0 saturated carbocycles. The van der Waals surface area contributed by atoms with Gasteiger partial charge in [0.2, 0.25) is 0 Å². The van der Waals surface area contributed by atoms with E-state index in [1.807, 2.05) is 0 Å². The predicted octanol–water partition coefficient (Wildman–Crippen LogP) is 2.41. The zero-order valence-corrected chi connectivity index (χ0v) is 11.2. The number of hydrogen-bond donors (Lipinski definition) is 1. The van der Waals surface area contributed by atoms with Gasteiger partial charge in [-0.25, -0.2) is 4.18 Å². The maximum absolute atomic E-state index is 12.7. The molecule has 1 aromatic rings. The maximum Gasteiger partial charge on any atom is 0.535 e. The normalized spacial score (nSPS) is 13.4. The monoisotopic (exact) mass is 317 g/mol. The SMILES string of the molecule is Cc1cccc(C(F)(F)F)c1S(=O)(=O)OC[P+](=O)O. The summed E-state index contributed by atoms with van der Waals surface area (Å²) in [6.45, 7) is 1.17. The molecule has 0 aliphatic rings. The van der Waals surface area contributed by atoms with E-state index in [9.17, 15) is 26.2 Å². The molecule has 10 heteroatoms. The van der Waals surface area contributed by atoms with Crippen LogP contribution >= 0.6 is 8.03 Å². The predicted molar refractivity (Wildman–Crippen MR) is 59.1 cm³/mol. The highest BCUT2D eigenvalue weighted by Gasteiger charge is 2.39. The van der Waals surface area contributed by atoms with Crippen LogP contribution in [0.5, 0.6) is 0 Å². The Morgan fingerprint density at radius 1 is 1.37 bits per heavy atom. The van der Waals surface area contributed by atoms with Crippen LogP contribution in [0.3, 0.4) is 0 Å². The Balaban J connectivity index is 3.37. The summed E-state index contributed by atoms with van der Waals surface area (Å²) in [5.74, 6) is 0. The summed E-state index contributed by atoms with van der Waals surface area (Å²) in [5.41, 5.74) is -1.54. The molecular formula is C9H9F3O5PS+. The second kappa shape index (κ2) is 5.54. The first kappa shape index (κ1) is 16.0. The van der Waals surface area contributed by atoms with Crippen molar-refractivity contribution in [1.29, 1.82) is 0 Å². The average molecular weight is 317 g/mol. The van der Waals surface area contributed by atoms with Gasteiger partial charge in [0.05, 0.1) is 5.56 Å². The Morgan fingerprint density at radius 3 is 2.42 bits per heavy atom. The quantitative estimate of drug-likeness (QED) is 0.681. The first-order chi connectivity index (χ1) is 8.55. The van der Waals surface area contributed by atoms with Gasteiger partial charge in [0.1, 0.15) is 4.90 Å². The van der Waals surface area contributed by atoms with Crippen LogP contribution < -0.4 is 0 Å². The Morgan fingerprint density at radius 2 is 1.95 bits per heavy atom. The maximum atomic E-state index is 12.7. The third-order valence-electron chi connectivity index (χ3n) is 2.09. The Bertz CT molecular complexity index is 596. The van der Waals surface area contributed by atoms with E-state index in [0.717, 1.165) is 6.07 Å². The summed E-state index contributed by atoms with van der Waals surface area (Å²) < 4.78 is 76.0. The molecule has 0 heterocycles. The van der Waals surface area contributed by atoms with Crippen LogP contribution in [-0.4, -0.2) is 19.7 Å². The molecule has 1 atom stereocenters. The second-order valence-electron chi connectivity index (χ2n) is 3.50. The highest BCUT2D eigenvalue weighted by Crippen LogP contribution is 2.36. The lowest BCUT2D eigenvalue weighted by Gasteiger charge is -2.13. The number of aryl methyl sites for hydroxylation is 1. The fraction of sp³-hybridized carbons (Fsp3) is 0.333. The van der Waals surface area contributed by atoms with Gasteiger partial charge in [-0.15, -0.1) is 0 Å². The van der Waals surface area contributed by atoms with E-state index in [0.29, 0.717) is 6.07 Å². The molecular weight excluding hydrogens is 308 g/mol. The fourth-order valence-electron chi connectivity index (χ4n) is 1.38. The molecule has 0 bridgehead atoms. The highest BCUT2D eigenvalue weighted by atomic mass is 32.2. The first-order valence-electron chi connectivity index (χ1n) is 4.75. The Kier molecular flexibility index (Phi) is 4.67. The van der Waals surface area contributed by atoms with Crippen molar-refractivity contribution in [3.05, 3.63) is 29.3 Å². The number of benzene rings is 1. The minimum Gasteiger partial charge on any atom is -0.213 e. The first-order valence-corrected chi connectivity index (χ1v) is 7.56. The number of alkyl halides is 3. The van der Waals surface area contributed by atoms with Crippen LogP contribution in [0.4, 0.5) is 13.2 Å². The van der Waals surface area contributed by atoms with Gasteiger partial charge in [0.25, 0.3) is 6.35 Å². The molecule has 0 aromatic heterocycles. The summed E-state index contributed by atoms with van der Waals surface area (Å²) in [5, 5.41) is 0. The van der Waals surface area contributed by atoms with E-state index < -0.39 is 41.1 Å². The van der Waals surface area contributed by atoms with Crippen molar-refractivity contribution in [1.82, 2.24) is 0 Å². The van der Waals surface area contributed by atoms with Crippen LogP contribution in [0.1, 0.15) is 11.1 Å². The summed E-state index contributed by atoms with van der Waals surface area (Å²) in [4.78, 5) is 7.42. The molecule has 1 aromatic carbocycles. The van der Waals surface area contributed by atoms with Gasteiger partial charge >= 0.3 is 24.3 Å². The third kappa shape index (κ3) is 3.97. The molecule has 0 radical (unpaired) electrons. The van der Waals surface area contributed by atoms with Crippen LogP contribution in [-0.2, 0) is 25.0 Å². The molecule has 0 spiro atoms. The van der Waals surface area contributed by atoms with Crippen molar-refractivity contribution in [3.63, 3.8) is 0 Å². The summed E-state index contributed by atoms with van der Waals surface area (Å²) in [7, 11) is -7.70. The lowest BCUT2D eigenvalue weighted by atomic mass is 10.1. The van der Waals surface area contributed by atoms with Crippen molar-refractivity contribution in [2.24, 2.45) is 0 Å². The fourth-order valence-corrected chi connectivity index (χ4v) is 3.33. The molecule has 1 rings (SSSR count). The zero-order valence-electron chi connectivity index (χ0n) is 9.51. The minimum atomic E-state index is -4.88. The van der Waals surface area contributed by atoms with E-state index in [2.05, 4.69) is 4.18 Å². The van der Waals surface area contributed by atoms with Crippen LogP contribution in [0, 0.1) is 6.92 Å². The Labute approximate surface area is 108 Å². The van der Waals surface area contributed by atoms with Gasteiger partial charge < -0.3 is 0 Å². The van der Waals surface area contributed by atoms with E-state index in [-0.39, 0.29) is 5.56 Å². The van der Waals surface area contributed by atoms with Gasteiger partial charge in [-0.2, -0.15) is 26.5 Å². The lowest BCUT2D eigenvalue weighted by molar-refractivity contribution is -0.140. The van der Waals surface area contributed by atoms with Gasteiger partial charge in [0.15, 0.2) is 0 Å². The third-order valence-corrected chi connectivity index (χ3v) is 4.08. The molecule has 0 amide bonds. The van der Waals surface area contributed by atoms with E-state index in [1.165, 1.54) is 13.0 Å². The van der Waals surface area contributed by atoms with E-state index >= 15 is 0 Å². The number of halogens is 3. The van der Waals surface area contributed by atoms with Crippen LogP contribution in [0.25, 0.3) is 0 Å². The lowest BCUT2D eigenvalue weighted by Crippen LogP contribution is -2.16. The summed E-state index contributed by atoms with van der Waals surface area (Å²) in [6, 6.07) is 2.83. The highest BCUT2D eigenvalue weighted by molar-refractivity contribution is 7.87. The number of hydrogen-bond acceptors (Lipinski definition) is 4. The molecule has 0 aliphatic heterocycles. The molecule has 0 saturated heterocycles. The van der Waals surface area contributed by atoms with Crippen molar-refractivity contribution >= 4 is 18.1 Å². The molecule has 5 nitrogen and oxygen atoms in total. The van der Waals surface area contributed by atoms with Gasteiger partial charge in [-0.3, -0.25) is 0 Å². The minimum absolute atomic E-state index is 0.164. The van der Waals surface area contributed by atoms with Crippen molar-refractivity contribution in [2.45, 2.75) is 18.0 Å². The molecule has 106 valence electrons. The topological polar surface area (TPSA) is 80.7 Å². The van der Waals surface area contributed by atoms with Crippen molar-refractivity contribution in [2.75, 3.05) is 6.35 Å². The van der Waals surface area contributed by atoms with E-state index in [1.54, 1.807) is 0 Å². The van der Waals surface area contributed by atoms with Gasteiger partial charge in [0, 0.05) is 0 Å². The van der Waals surface area contributed by atoms with Crippen molar-refractivity contribution < 1.29 is 35.2 Å². The molecule has 1 unspecified atom stereocenters. The average Bonchev–Trinajstić information content (AvgIpc) is 2.24. The zero-order chi connectivity index (χ0) is 14.8. The standard InChI is InChI=1S/C9H8F3O5PS/c1-6-3-2-4-7(9(10,11)12)8(6)19(15,16)17-5-18(13)14/h2-4H,5H2,1H3/p+1. The van der Waals surface area contributed by atoms with Gasteiger partial charge in [-0.05, 0) is 23.1 Å². The molecule has 0 fully saturated rings.